The van der Waals surface area contributed by atoms with Gasteiger partial charge in [-0.3, -0.25) is 9.52 Å². The topological polar surface area (TPSA) is 84.5 Å². The van der Waals surface area contributed by atoms with Crippen molar-refractivity contribution in [2.45, 2.75) is 24.2 Å². The molecule has 8 heteroatoms. The molecule has 2 aromatic carbocycles. The number of amides is 1. The highest BCUT2D eigenvalue weighted by Crippen LogP contribution is 2.31. The first-order valence-electron chi connectivity index (χ1n) is 9.14. The number of benzene rings is 2. The van der Waals surface area contributed by atoms with Crippen molar-refractivity contribution in [3.05, 3.63) is 69.9 Å². The Kier molecular flexibility index (Phi) is 5.29. The van der Waals surface area contributed by atoms with Gasteiger partial charge in [-0.15, -0.1) is 11.3 Å². The predicted molar refractivity (Wildman–Crippen MR) is 115 cm³/mol. The monoisotopic (exact) mass is 428 g/mol. The lowest BCUT2D eigenvalue weighted by Gasteiger charge is -2.10. The molecule has 0 spiro atoms. The number of ether oxygens (including phenoxy) is 1. The SMILES string of the molecule is COc1ccc(NS(=O)(=O)c2ccc(NC(=O)c3cc4c(s3)CCC4)cc2)cc1. The number of rotatable bonds is 6. The molecule has 0 fully saturated rings. The fraction of sp³-hybridized carbons (Fsp3) is 0.190. The molecule has 0 radical (unpaired) electrons. The molecule has 1 aliphatic carbocycles. The van der Waals surface area contributed by atoms with Gasteiger partial charge >= 0.3 is 0 Å². The van der Waals surface area contributed by atoms with Gasteiger partial charge in [0.1, 0.15) is 5.75 Å². The zero-order valence-corrected chi connectivity index (χ0v) is 17.4. The van der Waals surface area contributed by atoms with Crippen molar-refractivity contribution in [1.29, 1.82) is 0 Å². The number of nitrogens with one attached hydrogen (secondary N) is 2. The van der Waals surface area contributed by atoms with E-state index in [0.717, 1.165) is 19.3 Å². The summed E-state index contributed by atoms with van der Waals surface area (Å²) in [5.74, 6) is 0.473. The van der Waals surface area contributed by atoms with Crippen LogP contribution >= 0.6 is 11.3 Å². The molecular weight excluding hydrogens is 408 g/mol. The van der Waals surface area contributed by atoms with Gasteiger partial charge in [0.05, 0.1) is 16.9 Å². The number of anilines is 2. The van der Waals surface area contributed by atoms with Crippen LogP contribution in [0.5, 0.6) is 5.75 Å². The maximum atomic E-state index is 12.6. The van der Waals surface area contributed by atoms with Gasteiger partial charge in [0.25, 0.3) is 15.9 Å². The van der Waals surface area contributed by atoms with Crippen molar-refractivity contribution in [3.8, 4) is 5.75 Å². The van der Waals surface area contributed by atoms with Crippen LogP contribution in [0.2, 0.25) is 0 Å². The summed E-state index contributed by atoms with van der Waals surface area (Å²) in [5.41, 5.74) is 2.26. The zero-order chi connectivity index (χ0) is 20.4. The Labute approximate surface area is 173 Å². The summed E-state index contributed by atoms with van der Waals surface area (Å²) in [6, 6.07) is 14.7. The Morgan fingerprint density at radius 2 is 1.69 bits per heavy atom. The lowest BCUT2D eigenvalue weighted by atomic mass is 10.2. The van der Waals surface area contributed by atoms with Crippen LogP contribution in [0, 0.1) is 0 Å². The first-order valence-corrected chi connectivity index (χ1v) is 11.4. The van der Waals surface area contributed by atoms with Gasteiger partial charge < -0.3 is 10.1 Å². The van der Waals surface area contributed by atoms with Gasteiger partial charge in [-0.25, -0.2) is 8.42 Å². The zero-order valence-electron chi connectivity index (χ0n) is 15.8. The number of carbonyl (C=O) groups is 1. The molecule has 29 heavy (non-hydrogen) atoms. The lowest BCUT2D eigenvalue weighted by molar-refractivity contribution is 0.103. The molecule has 0 saturated carbocycles. The highest BCUT2D eigenvalue weighted by molar-refractivity contribution is 7.92. The molecule has 0 aliphatic heterocycles. The minimum absolute atomic E-state index is 0.112. The van der Waals surface area contributed by atoms with Crippen molar-refractivity contribution >= 4 is 38.6 Å². The normalized spacial score (nSPS) is 13.0. The van der Waals surface area contributed by atoms with E-state index in [0.29, 0.717) is 22.0 Å². The van der Waals surface area contributed by atoms with Crippen molar-refractivity contribution in [2.24, 2.45) is 0 Å². The van der Waals surface area contributed by atoms with Crippen LogP contribution in [0.4, 0.5) is 11.4 Å². The van der Waals surface area contributed by atoms with Crippen LogP contribution in [0.15, 0.2) is 59.5 Å². The van der Waals surface area contributed by atoms with Crippen LogP contribution in [-0.4, -0.2) is 21.4 Å². The first-order chi connectivity index (χ1) is 13.9. The van der Waals surface area contributed by atoms with E-state index < -0.39 is 10.0 Å². The van der Waals surface area contributed by atoms with Gasteiger partial charge in [0, 0.05) is 16.3 Å². The molecule has 4 rings (SSSR count). The van der Waals surface area contributed by atoms with Crippen LogP contribution in [0.25, 0.3) is 0 Å². The van der Waals surface area contributed by atoms with E-state index in [1.807, 2.05) is 6.07 Å². The molecule has 1 heterocycles. The molecule has 0 bridgehead atoms. The van der Waals surface area contributed by atoms with Crippen molar-refractivity contribution < 1.29 is 17.9 Å². The molecule has 0 saturated heterocycles. The summed E-state index contributed by atoms with van der Waals surface area (Å²) >= 11 is 1.53. The maximum absolute atomic E-state index is 12.6. The Morgan fingerprint density at radius 1 is 1.00 bits per heavy atom. The van der Waals surface area contributed by atoms with Crippen LogP contribution in [-0.2, 0) is 22.9 Å². The smallest absolute Gasteiger partial charge is 0.265 e. The minimum Gasteiger partial charge on any atom is -0.497 e. The lowest BCUT2D eigenvalue weighted by Crippen LogP contribution is -2.13. The predicted octanol–water partition coefficient (Wildman–Crippen LogP) is 4.30. The number of aryl methyl sites for hydroxylation is 2. The summed E-state index contributed by atoms with van der Waals surface area (Å²) in [6.07, 6.45) is 3.23. The number of methoxy groups -OCH3 is 1. The number of sulfonamides is 1. The highest BCUT2D eigenvalue weighted by Gasteiger charge is 2.19. The van der Waals surface area contributed by atoms with E-state index in [2.05, 4.69) is 10.0 Å². The first kappa shape index (κ1) is 19.5. The quantitative estimate of drug-likeness (QED) is 0.613. The fourth-order valence-corrected chi connectivity index (χ4v) is 5.43. The largest absolute Gasteiger partial charge is 0.497 e. The third-order valence-electron chi connectivity index (χ3n) is 4.74. The maximum Gasteiger partial charge on any atom is 0.265 e. The fourth-order valence-electron chi connectivity index (χ4n) is 3.22. The Hall–Kier alpha value is -2.84. The Bertz CT molecular complexity index is 1110. The highest BCUT2D eigenvalue weighted by atomic mass is 32.2. The summed E-state index contributed by atoms with van der Waals surface area (Å²) in [5, 5.41) is 2.83. The van der Waals surface area contributed by atoms with Crippen LogP contribution in [0.3, 0.4) is 0 Å². The summed E-state index contributed by atoms with van der Waals surface area (Å²) in [7, 11) is -2.18. The van der Waals surface area contributed by atoms with E-state index >= 15 is 0 Å². The molecule has 1 amide bonds. The van der Waals surface area contributed by atoms with Gasteiger partial charge in [0.15, 0.2) is 0 Å². The van der Waals surface area contributed by atoms with E-state index in [1.165, 1.54) is 33.9 Å². The molecule has 3 aromatic rings. The van der Waals surface area contributed by atoms with Crippen molar-refractivity contribution in [2.75, 3.05) is 17.1 Å². The van der Waals surface area contributed by atoms with Crippen molar-refractivity contribution in [3.63, 3.8) is 0 Å². The number of hydrogen-bond acceptors (Lipinski definition) is 5. The van der Waals surface area contributed by atoms with Gasteiger partial charge in [-0.05, 0) is 79.4 Å². The van der Waals surface area contributed by atoms with E-state index in [1.54, 1.807) is 43.5 Å². The van der Waals surface area contributed by atoms with Crippen LogP contribution in [0.1, 0.15) is 26.5 Å². The summed E-state index contributed by atoms with van der Waals surface area (Å²) in [4.78, 5) is 14.5. The Morgan fingerprint density at radius 3 is 2.34 bits per heavy atom. The Balaban J connectivity index is 1.43. The number of carbonyl (C=O) groups excluding carboxylic acids is 1. The van der Waals surface area contributed by atoms with E-state index in [4.69, 9.17) is 4.74 Å². The van der Waals surface area contributed by atoms with Gasteiger partial charge in [0.2, 0.25) is 0 Å². The summed E-state index contributed by atoms with van der Waals surface area (Å²) in [6.45, 7) is 0. The molecule has 2 N–H and O–H groups in total. The van der Waals surface area contributed by atoms with Gasteiger partial charge in [-0.1, -0.05) is 0 Å². The summed E-state index contributed by atoms with van der Waals surface area (Å²) < 4.78 is 32.7. The average molecular weight is 429 g/mol. The van der Waals surface area contributed by atoms with Crippen molar-refractivity contribution in [1.82, 2.24) is 0 Å². The van der Waals surface area contributed by atoms with E-state index in [9.17, 15) is 13.2 Å². The molecule has 1 aliphatic rings. The molecule has 1 aromatic heterocycles. The molecular formula is C21H20N2O4S2. The minimum atomic E-state index is -3.73. The van der Waals surface area contributed by atoms with Crippen LogP contribution < -0.4 is 14.8 Å². The number of hydrogen-bond donors (Lipinski definition) is 2. The van der Waals surface area contributed by atoms with E-state index in [-0.39, 0.29) is 10.8 Å². The number of fused-ring (bicyclic) bond motifs is 1. The number of thiophene rings is 1. The molecule has 0 atom stereocenters. The molecule has 0 unspecified atom stereocenters. The second kappa shape index (κ2) is 7.88. The second-order valence-electron chi connectivity index (χ2n) is 6.73. The second-order valence-corrected chi connectivity index (χ2v) is 9.54. The average Bonchev–Trinajstić information content (AvgIpc) is 3.31. The molecule has 6 nitrogen and oxygen atoms in total. The standard InChI is InChI=1S/C21H20N2O4S2/c1-27-17-9-5-16(6-10-17)23-29(25,26)18-11-7-15(8-12-18)22-21(24)20-13-14-3-2-4-19(14)28-20/h5-13,23H,2-4H2,1H3,(H,22,24). The third-order valence-corrected chi connectivity index (χ3v) is 7.37. The van der Waals surface area contributed by atoms with Gasteiger partial charge in [-0.2, -0.15) is 0 Å². The third kappa shape index (κ3) is 4.28. The molecule has 150 valence electrons.